The minimum Gasteiger partial charge on any atom is -0.381 e. The fourth-order valence-electron chi connectivity index (χ4n) is 1.89. The van der Waals surface area contributed by atoms with Crippen molar-refractivity contribution in [3.63, 3.8) is 0 Å². The second-order valence-electron chi connectivity index (χ2n) is 5.25. The summed E-state index contributed by atoms with van der Waals surface area (Å²) in [5.41, 5.74) is 1.34. The van der Waals surface area contributed by atoms with Crippen LogP contribution in [0.4, 0.5) is 0 Å². The maximum Gasteiger partial charge on any atom is 0.191 e. The first-order valence-electron chi connectivity index (χ1n) is 7.35. The summed E-state index contributed by atoms with van der Waals surface area (Å²) in [6, 6.07) is 2.15. The van der Waals surface area contributed by atoms with Gasteiger partial charge in [0, 0.05) is 31.7 Å². The van der Waals surface area contributed by atoms with Gasteiger partial charge in [0.25, 0.3) is 0 Å². The number of aliphatic imine (C=N–C) groups is 1. The highest BCUT2D eigenvalue weighted by Gasteiger charge is 2.20. The van der Waals surface area contributed by atoms with E-state index in [1.54, 1.807) is 18.4 Å². The number of rotatable bonds is 8. The second kappa shape index (κ2) is 10.4. The smallest absolute Gasteiger partial charge is 0.191 e. The summed E-state index contributed by atoms with van der Waals surface area (Å²) in [6.45, 7) is 5.66. The summed E-state index contributed by atoms with van der Waals surface area (Å²) in [5.74, 6) is 1.71. The molecule has 6 heteroatoms. The lowest BCUT2D eigenvalue weighted by atomic mass is 10.3. The number of guanidine groups is 1. The standard InChI is InChI=1S/C15H25N3OS.HI/c1-12-6-9-20-14(12)10-18-15(16-2)17-7-3-8-19-11-13-4-5-13;/h6,9,13H,3-5,7-8,10-11H2,1-2H3,(H2,16,17,18);1H. The van der Waals surface area contributed by atoms with E-state index in [4.69, 9.17) is 4.74 Å². The zero-order chi connectivity index (χ0) is 14.2. The third-order valence-electron chi connectivity index (χ3n) is 3.42. The highest BCUT2D eigenvalue weighted by molar-refractivity contribution is 14.0. The van der Waals surface area contributed by atoms with Gasteiger partial charge in [-0.05, 0) is 49.1 Å². The van der Waals surface area contributed by atoms with Gasteiger partial charge in [-0.3, -0.25) is 4.99 Å². The van der Waals surface area contributed by atoms with Crippen molar-refractivity contribution in [3.8, 4) is 0 Å². The van der Waals surface area contributed by atoms with E-state index in [0.29, 0.717) is 0 Å². The van der Waals surface area contributed by atoms with Crippen LogP contribution in [0.15, 0.2) is 16.4 Å². The Bertz CT molecular complexity index is 432. The summed E-state index contributed by atoms with van der Waals surface area (Å²) < 4.78 is 5.61. The van der Waals surface area contributed by atoms with Crippen molar-refractivity contribution in [2.75, 3.05) is 26.8 Å². The Kier molecular flexibility index (Phi) is 9.26. The monoisotopic (exact) mass is 423 g/mol. The van der Waals surface area contributed by atoms with Gasteiger partial charge in [-0.2, -0.15) is 0 Å². The van der Waals surface area contributed by atoms with Crippen molar-refractivity contribution in [2.45, 2.75) is 32.7 Å². The van der Waals surface area contributed by atoms with Gasteiger partial charge in [0.2, 0.25) is 0 Å². The summed E-state index contributed by atoms with van der Waals surface area (Å²) in [5, 5.41) is 8.78. The van der Waals surface area contributed by atoms with E-state index < -0.39 is 0 Å². The minimum atomic E-state index is 0. The van der Waals surface area contributed by atoms with Crippen LogP contribution < -0.4 is 10.6 Å². The van der Waals surface area contributed by atoms with Gasteiger partial charge in [0.05, 0.1) is 6.54 Å². The molecule has 0 aliphatic heterocycles. The van der Waals surface area contributed by atoms with Crippen LogP contribution in [0.2, 0.25) is 0 Å². The van der Waals surface area contributed by atoms with Gasteiger partial charge in [-0.1, -0.05) is 0 Å². The Hall–Kier alpha value is -0.340. The maximum absolute atomic E-state index is 5.61. The molecule has 0 bridgehead atoms. The molecule has 2 N–H and O–H groups in total. The van der Waals surface area contributed by atoms with E-state index in [-0.39, 0.29) is 24.0 Å². The van der Waals surface area contributed by atoms with Gasteiger partial charge in [0.15, 0.2) is 5.96 Å². The van der Waals surface area contributed by atoms with E-state index in [1.165, 1.54) is 23.3 Å². The first kappa shape index (κ1) is 18.7. The van der Waals surface area contributed by atoms with E-state index in [0.717, 1.165) is 44.6 Å². The molecule has 0 unspecified atom stereocenters. The number of ether oxygens (including phenoxy) is 1. The van der Waals surface area contributed by atoms with Crippen LogP contribution in [-0.2, 0) is 11.3 Å². The van der Waals surface area contributed by atoms with Crippen LogP contribution in [0.1, 0.15) is 29.7 Å². The van der Waals surface area contributed by atoms with Crippen LogP contribution in [0, 0.1) is 12.8 Å². The molecule has 1 aliphatic rings. The largest absolute Gasteiger partial charge is 0.381 e. The molecule has 1 aliphatic carbocycles. The average molecular weight is 423 g/mol. The third kappa shape index (κ3) is 7.46. The Morgan fingerprint density at radius 3 is 2.86 bits per heavy atom. The number of nitrogens with one attached hydrogen (secondary N) is 2. The predicted molar refractivity (Wildman–Crippen MR) is 101 cm³/mol. The van der Waals surface area contributed by atoms with Crippen LogP contribution in [0.3, 0.4) is 0 Å². The molecule has 2 rings (SSSR count). The van der Waals surface area contributed by atoms with Crippen LogP contribution in [0.5, 0.6) is 0 Å². The molecule has 0 amide bonds. The lowest BCUT2D eigenvalue weighted by Crippen LogP contribution is -2.37. The van der Waals surface area contributed by atoms with Crippen molar-refractivity contribution in [1.82, 2.24) is 10.6 Å². The quantitative estimate of drug-likeness (QED) is 0.292. The molecular formula is C15H26IN3OS. The molecule has 0 radical (unpaired) electrons. The van der Waals surface area contributed by atoms with Crippen molar-refractivity contribution in [1.29, 1.82) is 0 Å². The Balaban J connectivity index is 0.00000220. The van der Waals surface area contributed by atoms with Crippen molar-refractivity contribution in [2.24, 2.45) is 10.9 Å². The SMILES string of the molecule is CN=C(NCCCOCC1CC1)NCc1sccc1C.I. The molecular weight excluding hydrogens is 397 g/mol. The summed E-state index contributed by atoms with van der Waals surface area (Å²) in [6.07, 6.45) is 3.74. The zero-order valence-corrected chi connectivity index (χ0v) is 16.0. The molecule has 1 aromatic heterocycles. The highest BCUT2D eigenvalue weighted by atomic mass is 127. The number of halogens is 1. The summed E-state index contributed by atoms with van der Waals surface area (Å²) in [4.78, 5) is 5.59. The van der Waals surface area contributed by atoms with Gasteiger partial charge in [-0.25, -0.2) is 0 Å². The molecule has 120 valence electrons. The molecule has 1 fully saturated rings. The fourth-order valence-corrected chi connectivity index (χ4v) is 2.73. The molecule has 21 heavy (non-hydrogen) atoms. The molecule has 0 spiro atoms. The number of aryl methyl sites for hydroxylation is 1. The number of nitrogens with zero attached hydrogens (tertiary/aromatic N) is 1. The van der Waals surface area contributed by atoms with Gasteiger partial charge in [0.1, 0.15) is 0 Å². The van der Waals surface area contributed by atoms with E-state index in [2.05, 4.69) is 34.0 Å². The molecule has 0 saturated heterocycles. The van der Waals surface area contributed by atoms with Gasteiger partial charge in [-0.15, -0.1) is 35.3 Å². The van der Waals surface area contributed by atoms with E-state index >= 15 is 0 Å². The number of hydrogen-bond acceptors (Lipinski definition) is 3. The summed E-state index contributed by atoms with van der Waals surface area (Å²) >= 11 is 1.78. The minimum absolute atomic E-state index is 0. The van der Waals surface area contributed by atoms with Crippen molar-refractivity contribution >= 4 is 41.3 Å². The Morgan fingerprint density at radius 2 is 2.24 bits per heavy atom. The predicted octanol–water partition coefficient (Wildman–Crippen LogP) is 3.16. The van der Waals surface area contributed by atoms with Crippen molar-refractivity contribution in [3.05, 3.63) is 21.9 Å². The van der Waals surface area contributed by atoms with Gasteiger partial charge >= 0.3 is 0 Å². The number of hydrogen-bond donors (Lipinski definition) is 2. The Labute approximate surface area is 148 Å². The lowest BCUT2D eigenvalue weighted by molar-refractivity contribution is 0.123. The second-order valence-corrected chi connectivity index (χ2v) is 6.25. The van der Waals surface area contributed by atoms with Crippen LogP contribution >= 0.6 is 35.3 Å². The first-order valence-corrected chi connectivity index (χ1v) is 8.23. The maximum atomic E-state index is 5.61. The summed E-state index contributed by atoms with van der Waals surface area (Å²) in [7, 11) is 1.81. The first-order chi connectivity index (χ1) is 9.79. The van der Waals surface area contributed by atoms with E-state index in [9.17, 15) is 0 Å². The van der Waals surface area contributed by atoms with E-state index in [1.807, 2.05) is 0 Å². The Morgan fingerprint density at radius 1 is 1.43 bits per heavy atom. The van der Waals surface area contributed by atoms with Crippen LogP contribution in [0.25, 0.3) is 0 Å². The highest BCUT2D eigenvalue weighted by Crippen LogP contribution is 2.28. The van der Waals surface area contributed by atoms with Crippen LogP contribution in [-0.4, -0.2) is 32.8 Å². The van der Waals surface area contributed by atoms with Crippen molar-refractivity contribution < 1.29 is 4.74 Å². The topological polar surface area (TPSA) is 45.7 Å². The molecule has 1 saturated carbocycles. The zero-order valence-electron chi connectivity index (χ0n) is 12.9. The molecule has 0 atom stereocenters. The van der Waals surface area contributed by atoms with Gasteiger partial charge < -0.3 is 15.4 Å². The fraction of sp³-hybridized carbons (Fsp3) is 0.667. The average Bonchev–Trinajstić information content (AvgIpc) is 3.19. The lowest BCUT2D eigenvalue weighted by Gasteiger charge is -2.11. The molecule has 1 heterocycles. The normalized spacial score (nSPS) is 14.7. The third-order valence-corrected chi connectivity index (χ3v) is 4.44. The molecule has 0 aromatic carbocycles. The molecule has 1 aromatic rings. The molecule has 4 nitrogen and oxygen atoms in total. The number of thiophene rings is 1.